The van der Waals surface area contributed by atoms with Crippen LogP contribution >= 0.6 is 24.0 Å². The smallest absolute Gasteiger partial charge is 0.259 e. The third-order valence-corrected chi connectivity index (χ3v) is 3.95. The van der Waals surface area contributed by atoms with Gasteiger partial charge in [0.05, 0.1) is 18.6 Å². The van der Waals surface area contributed by atoms with Crippen molar-refractivity contribution in [2.24, 2.45) is 5.10 Å². The number of nitriles is 1. The van der Waals surface area contributed by atoms with Crippen molar-refractivity contribution in [3.63, 3.8) is 0 Å². The van der Waals surface area contributed by atoms with Crippen LogP contribution < -0.4 is 9.47 Å². The van der Waals surface area contributed by atoms with E-state index in [1.54, 1.807) is 18.2 Å². The van der Waals surface area contributed by atoms with E-state index in [0.717, 1.165) is 5.56 Å². The van der Waals surface area contributed by atoms with Crippen molar-refractivity contribution >= 4 is 40.4 Å². The standard InChI is InChI=1S/C14H13N3O3S2/c1-2-19-12-7-10(3-4-11(12)20-6-5-15)8-16-17-13(18)9-22-14(17)21/h3-4,7-8H,2,6,9H2,1H3/b16-8+. The molecule has 6 nitrogen and oxygen atoms in total. The molecule has 1 saturated heterocycles. The summed E-state index contributed by atoms with van der Waals surface area (Å²) in [6.45, 7) is 2.27. The van der Waals surface area contributed by atoms with Gasteiger partial charge < -0.3 is 9.47 Å². The van der Waals surface area contributed by atoms with Crippen molar-refractivity contribution in [3.8, 4) is 17.6 Å². The Morgan fingerprint density at radius 2 is 2.32 bits per heavy atom. The molecule has 1 aliphatic rings. The molecule has 0 atom stereocenters. The number of thioether (sulfide) groups is 1. The van der Waals surface area contributed by atoms with Crippen molar-refractivity contribution in [1.29, 1.82) is 5.26 Å². The summed E-state index contributed by atoms with van der Waals surface area (Å²) in [4.78, 5) is 11.6. The molecule has 1 aliphatic heterocycles. The molecule has 1 aromatic rings. The summed E-state index contributed by atoms with van der Waals surface area (Å²) < 4.78 is 11.2. The molecule has 0 bridgehead atoms. The summed E-state index contributed by atoms with van der Waals surface area (Å²) in [5, 5.41) is 13.9. The zero-order valence-electron chi connectivity index (χ0n) is 11.8. The Hall–Kier alpha value is -2.11. The van der Waals surface area contributed by atoms with Gasteiger partial charge in [0.25, 0.3) is 5.91 Å². The zero-order chi connectivity index (χ0) is 15.9. The highest BCUT2D eigenvalue weighted by atomic mass is 32.2. The van der Waals surface area contributed by atoms with Gasteiger partial charge in [0.2, 0.25) is 0 Å². The maximum Gasteiger partial charge on any atom is 0.259 e. The Kier molecular flexibility index (Phi) is 5.75. The van der Waals surface area contributed by atoms with Gasteiger partial charge in [0, 0.05) is 0 Å². The molecule has 0 N–H and O–H groups in total. The van der Waals surface area contributed by atoms with E-state index in [1.807, 2.05) is 13.0 Å². The summed E-state index contributed by atoms with van der Waals surface area (Å²) in [7, 11) is 0. The van der Waals surface area contributed by atoms with Crippen LogP contribution in [-0.2, 0) is 4.79 Å². The number of amides is 1. The molecule has 1 amide bonds. The highest BCUT2D eigenvalue weighted by Crippen LogP contribution is 2.28. The number of carbonyl (C=O) groups excluding carboxylic acids is 1. The van der Waals surface area contributed by atoms with E-state index in [0.29, 0.717) is 28.2 Å². The summed E-state index contributed by atoms with van der Waals surface area (Å²) in [5.74, 6) is 1.20. The van der Waals surface area contributed by atoms with Crippen molar-refractivity contribution in [1.82, 2.24) is 5.01 Å². The number of nitrogens with zero attached hydrogens (tertiary/aromatic N) is 3. The van der Waals surface area contributed by atoms with Gasteiger partial charge >= 0.3 is 0 Å². The average molecular weight is 335 g/mol. The average Bonchev–Trinajstić information content (AvgIpc) is 2.83. The maximum atomic E-state index is 11.6. The van der Waals surface area contributed by atoms with Crippen LogP contribution in [0.4, 0.5) is 0 Å². The molecular weight excluding hydrogens is 322 g/mol. The second-order valence-corrected chi connectivity index (χ2v) is 5.70. The minimum absolute atomic E-state index is 0.0543. The first-order valence-corrected chi connectivity index (χ1v) is 7.85. The third-order valence-electron chi connectivity index (χ3n) is 2.61. The molecule has 0 spiro atoms. The molecule has 0 unspecified atom stereocenters. The van der Waals surface area contributed by atoms with Gasteiger partial charge in [-0.2, -0.15) is 15.4 Å². The Bertz CT molecular complexity index is 639. The number of hydrazone groups is 1. The molecule has 1 heterocycles. The molecule has 0 aromatic heterocycles. The first-order valence-electron chi connectivity index (χ1n) is 6.46. The fourth-order valence-corrected chi connectivity index (χ4v) is 2.65. The fourth-order valence-electron chi connectivity index (χ4n) is 1.69. The molecule has 1 fully saturated rings. The topological polar surface area (TPSA) is 74.9 Å². The van der Waals surface area contributed by atoms with Crippen molar-refractivity contribution in [2.75, 3.05) is 19.0 Å². The van der Waals surface area contributed by atoms with E-state index >= 15 is 0 Å². The predicted molar refractivity (Wildman–Crippen MR) is 88.2 cm³/mol. The third kappa shape index (κ3) is 3.96. The van der Waals surface area contributed by atoms with Crippen molar-refractivity contribution < 1.29 is 14.3 Å². The van der Waals surface area contributed by atoms with Gasteiger partial charge in [-0.1, -0.05) is 24.0 Å². The Morgan fingerprint density at radius 1 is 1.50 bits per heavy atom. The van der Waals surface area contributed by atoms with Crippen LogP contribution in [0, 0.1) is 11.3 Å². The van der Waals surface area contributed by atoms with Crippen LogP contribution in [0.5, 0.6) is 11.5 Å². The summed E-state index contributed by atoms with van der Waals surface area (Å²) in [5.41, 5.74) is 0.736. The molecular formula is C14H13N3O3S2. The fraction of sp³-hybridized carbons (Fsp3) is 0.286. The molecule has 114 valence electrons. The lowest BCUT2D eigenvalue weighted by atomic mass is 10.2. The molecule has 1 aromatic carbocycles. The summed E-state index contributed by atoms with van der Waals surface area (Å²) >= 11 is 6.34. The number of carbonyl (C=O) groups is 1. The number of hydrogen-bond donors (Lipinski definition) is 0. The Morgan fingerprint density at radius 3 is 2.95 bits per heavy atom. The maximum absolute atomic E-state index is 11.6. The van der Waals surface area contributed by atoms with E-state index < -0.39 is 0 Å². The van der Waals surface area contributed by atoms with Gasteiger partial charge in [0.15, 0.2) is 22.4 Å². The van der Waals surface area contributed by atoms with Crippen molar-refractivity contribution in [3.05, 3.63) is 23.8 Å². The highest BCUT2D eigenvalue weighted by molar-refractivity contribution is 8.23. The van der Waals surface area contributed by atoms with E-state index in [-0.39, 0.29) is 12.5 Å². The van der Waals surface area contributed by atoms with Crippen LogP contribution in [0.25, 0.3) is 0 Å². The number of hydrogen-bond acceptors (Lipinski definition) is 7. The quantitative estimate of drug-likeness (QED) is 0.586. The Labute approximate surface area is 137 Å². The van der Waals surface area contributed by atoms with Gasteiger partial charge in [-0.3, -0.25) is 4.79 Å². The Balaban J connectivity index is 2.17. The second kappa shape index (κ2) is 7.77. The first-order chi connectivity index (χ1) is 10.7. The van der Waals surface area contributed by atoms with E-state index in [1.165, 1.54) is 23.0 Å². The van der Waals surface area contributed by atoms with Gasteiger partial charge in [-0.05, 0) is 30.7 Å². The molecule has 8 heteroatoms. The van der Waals surface area contributed by atoms with Crippen LogP contribution in [0.1, 0.15) is 12.5 Å². The normalized spacial score (nSPS) is 14.5. The first kappa shape index (κ1) is 16.3. The molecule has 0 saturated carbocycles. The minimum Gasteiger partial charge on any atom is -0.490 e. The number of rotatable bonds is 6. The van der Waals surface area contributed by atoms with E-state index in [9.17, 15) is 4.79 Å². The van der Waals surface area contributed by atoms with Gasteiger partial charge in [-0.25, -0.2) is 0 Å². The number of benzene rings is 1. The molecule has 0 aliphatic carbocycles. The number of thiocarbonyl (C=S) groups is 1. The largest absolute Gasteiger partial charge is 0.490 e. The molecule has 22 heavy (non-hydrogen) atoms. The lowest BCUT2D eigenvalue weighted by Gasteiger charge is -2.11. The minimum atomic E-state index is -0.134. The monoisotopic (exact) mass is 335 g/mol. The highest BCUT2D eigenvalue weighted by Gasteiger charge is 2.25. The van der Waals surface area contributed by atoms with Gasteiger partial charge in [0.1, 0.15) is 6.07 Å². The lowest BCUT2D eigenvalue weighted by molar-refractivity contribution is -0.123. The van der Waals surface area contributed by atoms with Crippen LogP contribution in [0.15, 0.2) is 23.3 Å². The molecule has 0 radical (unpaired) electrons. The van der Waals surface area contributed by atoms with Crippen molar-refractivity contribution in [2.45, 2.75) is 6.92 Å². The van der Waals surface area contributed by atoms with Crippen LogP contribution in [0.2, 0.25) is 0 Å². The lowest BCUT2D eigenvalue weighted by Crippen LogP contribution is -2.22. The van der Waals surface area contributed by atoms with Crippen LogP contribution in [0.3, 0.4) is 0 Å². The van der Waals surface area contributed by atoms with E-state index in [4.69, 9.17) is 27.0 Å². The predicted octanol–water partition coefficient (Wildman–Crippen LogP) is 2.18. The van der Waals surface area contributed by atoms with E-state index in [2.05, 4.69) is 5.10 Å². The number of ether oxygens (including phenoxy) is 2. The second-order valence-electron chi connectivity index (χ2n) is 4.09. The van der Waals surface area contributed by atoms with Crippen LogP contribution in [-0.4, -0.2) is 40.4 Å². The zero-order valence-corrected chi connectivity index (χ0v) is 13.4. The SMILES string of the molecule is CCOc1cc(/C=N/N2C(=O)CSC2=S)ccc1OCC#N. The van der Waals surface area contributed by atoms with Gasteiger partial charge in [-0.15, -0.1) is 0 Å². The molecule has 2 rings (SSSR count). The summed E-state index contributed by atoms with van der Waals surface area (Å²) in [6, 6.07) is 7.10. The summed E-state index contributed by atoms with van der Waals surface area (Å²) in [6.07, 6.45) is 1.53.